The first-order chi connectivity index (χ1) is 12.9. The standard InChI is InChI=1S/C20H28ClN3O3.ClH/c1-13(22)14-5-3-9-23(12-14)20(26)17-6-4-10-24(17)19(25)16-11-15(21)7-8-18(16)27-2;/h7-8,11,13-14,17H,3-6,9-10,12,22H2,1-2H3;1H. The summed E-state index contributed by atoms with van der Waals surface area (Å²) in [5, 5.41) is 0.469. The third-order valence-electron chi connectivity index (χ3n) is 5.70. The lowest BCUT2D eigenvalue weighted by molar-refractivity contribution is -0.137. The Hall–Kier alpha value is -1.50. The van der Waals surface area contributed by atoms with Gasteiger partial charge in [0.25, 0.3) is 5.91 Å². The zero-order valence-electron chi connectivity index (χ0n) is 16.4. The number of ether oxygens (including phenoxy) is 1. The van der Waals surface area contributed by atoms with Gasteiger partial charge < -0.3 is 20.3 Å². The van der Waals surface area contributed by atoms with Gasteiger partial charge in [-0.3, -0.25) is 9.59 Å². The molecule has 2 amide bonds. The summed E-state index contributed by atoms with van der Waals surface area (Å²) in [6, 6.07) is 4.62. The van der Waals surface area contributed by atoms with E-state index in [4.69, 9.17) is 22.1 Å². The van der Waals surface area contributed by atoms with Gasteiger partial charge in [-0.25, -0.2) is 0 Å². The molecule has 2 fully saturated rings. The van der Waals surface area contributed by atoms with Gasteiger partial charge in [-0.1, -0.05) is 11.6 Å². The van der Waals surface area contributed by atoms with E-state index in [9.17, 15) is 9.59 Å². The molecular formula is C20H29Cl2N3O3. The highest BCUT2D eigenvalue weighted by Gasteiger charge is 2.39. The molecule has 2 saturated heterocycles. The number of amides is 2. The van der Waals surface area contributed by atoms with Crippen molar-refractivity contribution in [2.45, 2.75) is 44.7 Å². The Labute approximate surface area is 177 Å². The van der Waals surface area contributed by atoms with Crippen molar-refractivity contribution in [3.63, 3.8) is 0 Å². The molecule has 0 saturated carbocycles. The number of benzene rings is 1. The zero-order chi connectivity index (χ0) is 19.6. The molecule has 1 aromatic carbocycles. The second-order valence-corrected chi connectivity index (χ2v) is 7.98. The average Bonchev–Trinajstić information content (AvgIpc) is 3.16. The third kappa shape index (κ3) is 4.73. The van der Waals surface area contributed by atoms with Gasteiger partial charge in [-0.15, -0.1) is 12.4 Å². The molecule has 8 heteroatoms. The van der Waals surface area contributed by atoms with E-state index in [1.54, 1.807) is 23.1 Å². The van der Waals surface area contributed by atoms with E-state index in [2.05, 4.69) is 0 Å². The van der Waals surface area contributed by atoms with Crippen molar-refractivity contribution in [3.8, 4) is 5.75 Å². The Morgan fingerprint density at radius 1 is 1.25 bits per heavy atom. The Morgan fingerprint density at radius 2 is 1.96 bits per heavy atom. The SMILES string of the molecule is COc1ccc(Cl)cc1C(=O)N1CCCC1C(=O)N1CCCC(C(C)N)C1.Cl. The van der Waals surface area contributed by atoms with E-state index < -0.39 is 6.04 Å². The molecule has 1 aromatic rings. The molecule has 2 aliphatic rings. The van der Waals surface area contributed by atoms with Crippen LogP contribution in [0.1, 0.15) is 43.0 Å². The summed E-state index contributed by atoms with van der Waals surface area (Å²) in [5.41, 5.74) is 6.45. The van der Waals surface area contributed by atoms with Crippen molar-refractivity contribution in [1.29, 1.82) is 0 Å². The number of halogens is 2. The molecule has 2 heterocycles. The lowest BCUT2D eigenvalue weighted by atomic mass is 9.91. The minimum Gasteiger partial charge on any atom is -0.496 e. The lowest BCUT2D eigenvalue weighted by Gasteiger charge is -2.37. The van der Waals surface area contributed by atoms with Crippen LogP contribution in [0, 0.1) is 5.92 Å². The summed E-state index contributed by atoms with van der Waals surface area (Å²) in [5.74, 6) is 0.622. The monoisotopic (exact) mass is 429 g/mol. The maximum atomic E-state index is 13.2. The van der Waals surface area contributed by atoms with Crippen molar-refractivity contribution < 1.29 is 14.3 Å². The van der Waals surface area contributed by atoms with Crippen molar-refractivity contribution in [3.05, 3.63) is 28.8 Å². The van der Waals surface area contributed by atoms with Crippen LogP contribution in [0.25, 0.3) is 0 Å². The number of hydrogen-bond donors (Lipinski definition) is 1. The number of hydrogen-bond acceptors (Lipinski definition) is 4. The molecule has 3 rings (SSSR count). The summed E-state index contributed by atoms with van der Waals surface area (Å²) in [7, 11) is 1.52. The number of methoxy groups -OCH3 is 1. The van der Waals surface area contributed by atoms with Gasteiger partial charge in [0, 0.05) is 30.7 Å². The largest absolute Gasteiger partial charge is 0.496 e. The molecular weight excluding hydrogens is 401 g/mol. The fourth-order valence-corrected chi connectivity index (χ4v) is 4.29. The first-order valence-electron chi connectivity index (χ1n) is 9.61. The van der Waals surface area contributed by atoms with Crippen LogP contribution in [0.15, 0.2) is 18.2 Å². The molecule has 3 unspecified atom stereocenters. The molecule has 0 aromatic heterocycles. The smallest absolute Gasteiger partial charge is 0.258 e. The Balaban J connectivity index is 0.00000280. The molecule has 0 bridgehead atoms. The third-order valence-corrected chi connectivity index (χ3v) is 5.94. The van der Waals surface area contributed by atoms with E-state index in [-0.39, 0.29) is 30.3 Å². The minimum absolute atomic E-state index is 0. The molecule has 28 heavy (non-hydrogen) atoms. The highest BCUT2D eigenvalue weighted by molar-refractivity contribution is 6.31. The van der Waals surface area contributed by atoms with Crippen molar-refractivity contribution >= 4 is 35.8 Å². The molecule has 6 nitrogen and oxygen atoms in total. The maximum Gasteiger partial charge on any atom is 0.258 e. The quantitative estimate of drug-likeness (QED) is 0.797. The van der Waals surface area contributed by atoms with Gasteiger partial charge in [0.15, 0.2) is 0 Å². The molecule has 3 atom stereocenters. The summed E-state index contributed by atoms with van der Waals surface area (Å²) < 4.78 is 5.32. The van der Waals surface area contributed by atoms with E-state index >= 15 is 0 Å². The fourth-order valence-electron chi connectivity index (χ4n) is 4.12. The van der Waals surface area contributed by atoms with Crippen LogP contribution in [0.4, 0.5) is 0 Å². The lowest BCUT2D eigenvalue weighted by Crippen LogP contribution is -2.52. The summed E-state index contributed by atoms with van der Waals surface area (Å²) >= 11 is 6.08. The zero-order valence-corrected chi connectivity index (χ0v) is 18.0. The van der Waals surface area contributed by atoms with Crippen molar-refractivity contribution in [2.24, 2.45) is 11.7 Å². The number of piperidine rings is 1. The normalized spacial score (nSPS) is 23.1. The van der Waals surface area contributed by atoms with E-state index in [0.29, 0.717) is 41.8 Å². The number of likely N-dealkylation sites (tertiary alicyclic amines) is 2. The van der Waals surface area contributed by atoms with Crippen LogP contribution >= 0.6 is 24.0 Å². The average molecular weight is 430 g/mol. The summed E-state index contributed by atoms with van der Waals surface area (Å²) in [6.45, 7) is 3.97. The molecule has 0 radical (unpaired) electrons. The van der Waals surface area contributed by atoms with Gasteiger partial charge in [0.2, 0.25) is 5.91 Å². The predicted octanol–water partition coefficient (Wildman–Crippen LogP) is 2.96. The van der Waals surface area contributed by atoms with Crippen LogP contribution in [-0.2, 0) is 4.79 Å². The molecule has 0 aliphatic carbocycles. The molecule has 0 spiro atoms. The highest BCUT2D eigenvalue weighted by Crippen LogP contribution is 2.29. The Bertz CT molecular complexity index is 714. The van der Waals surface area contributed by atoms with Crippen LogP contribution < -0.4 is 10.5 Å². The predicted molar refractivity (Wildman–Crippen MR) is 112 cm³/mol. The second kappa shape index (κ2) is 9.81. The summed E-state index contributed by atoms with van der Waals surface area (Å²) in [4.78, 5) is 29.9. The van der Waals surface area contributed by atoms with E-state index in [1.807, 2.05) is 11.8 Å². The van der Waals surface area contributed by atoms with Gasteiger partial charge in [0.05, 0.1) is 12.7 Å². The first-order valence-corrected chi connectivity index (χ1v) is 9.99. The molecule has 2 N–H and O–H groups in total. The number of carbonyl (C=O) groups excluding carboxylic acids is 2. The van der Waals surface area contributed by atoms with Gasteiger partial charge in [0.1, 0.15) is 11.8 Å². The van der Waals surface area contributed by atoms with Crippen LogP contribution in [-0.4, -0.2) is 60.4 Å². The van der Waals surface area contributed by atoms with Crippen LogP contribution in [0.5, 0.6) is 5.75 Å². The van der Waals surface area contributed by atoms with Crippen LogP contribution in [0.3, 0.4) is 0 Å². The number of rotatable bonds is 4. The molecule has 2 aliphatic heterocycles. The Morgan fingerprint density at radius 3 is 2.64 bits per heavy atom. The molecule has 156 valence electrons. The number of nitrogens with zero attached hydrogens (tertiary/aromatic N) is 2. The maximum absolute atomic E-state index is 13.2. The fraction of sp³-hybridized carbons (Fsp3) is 0.600. The summed E-state index contributed by atoms with van der Waals surface area (Å²) in [6.07, 6.45) is 3.51. The number of carbonyl (C=O) groups is 2. The minimum atomic E-state index is -0.423. The van der Waals surface area contributed by atoms with Crippen LogP contribution in [0.2, 0.25) is 5.02 Å². The highest BCUT2D eigenvalue weighted by atomic mass is 35.5. The van der Waals surface area contributed by atoms with Crippen molar-refractivity contribution in [1.82, 2.24) is 9.80 Å². The van der Waals surface area contributed by atoms with E-state index in [1.165, 1.54) is 7.11 Å². The van der Waals surface area contributed by atoms with E-state index in [0.717, 1.165) is 25.8 Å². The van der Waals surface area contributed by atoms with Crippen molar-refractivity contribution in [2.75, 3.05) is 26.7 Å². The second-order valence-electron chi connectivity index (χ2n) is 7.55. The van der Waals surface area contributed by atoms with Gasteiger partial charge in [-0.2, -0.15) is 0 Å². The van der Waals surface area contributed by atoms with Gasteiger partial charge in [-0.05, 0) is 56.7 Å². The number of nitrogens with two attached hydrogens (primary N) is 1. The topological polar surface area (TPSA) is 75.9 Å². The van der Waals surface area contributed by atoms with Gasteiger partial charge >= 0.3 is 0 Å². The first kappa shape index (κ1) is 22.8. The Kier molecular flexibility index (Phi) is 7.98.